The molecule has 0 saturated heterocycles. The third kappa shape index (κ3) is 1.66. The molecule has 0 aromatic carbocycles. The molecule has 1 N–H and O–H groups in total. The van der Waals surface area contributed by atoms with Gasteiger partial charge in [-0.2, -0.15) is 0 Å². The van der Waals surface area contributed by atoms with Gasteiger partial charge in [-0.25, -0.2) is 0 Å². The number of hydrogen-bond acceptors (Lipinski definition) is 2. The number of hydrogen-bond donors (Lipinski definition) is 1. The first-order chi connectivity index (χ1) is 4.20. The first-order valence-electron chi connectivity index (χ1n) is 3.53. The highest BCUT2D eigenvalue weighted by Crippen LogP contribution is 2.23. The quantitative estimate of drug-likeness (QED) is 0.602. The highest BCUT2D eigenvalue weighted by atomic mass is 16.5. The Morgan fingerprint density at radius 3 is 2.22 bits per heavy atom. The topological polar surface area (TPSA) is 29.5 Å². The van der Waals surface area contributed by atoms with E-state index in [0.29, 0.717) is 0 Å². The molecule has 2 atom stereocenters. The predicted octanol–water partition coefficient (Wildman–Crippen LogP) is 0.935. The SMILES string of the molecule is CC(C)O[C@@H]1CCC1O. The molecule has 1 aliphatic carbocycles. The lowest BCUT2D eigenvalue weighted by molar-refractivity contribution is -0.117. The Bertz CT molecular complexity index is 90.9. The maximum absolute atomic E-state index is 9.03. The summed E-state index contributed by atoms with van der Waals surface area (Å²) >= 11 is 0. The van der Waals surface area contributed by atoms with Gasteiger partial charge < -0.3 is 9.84 Å². The van der Waals surface area contributed by atoms with E-state index in [2.05, 4.69) is 0 Å². The number of aliphatic hydroxyl groups is 1. The smallest absolute Gasteiger partial charge is 0.0838 e. The third-order valence-corrected chi connectivity index (χ3v) is 1.62. The molecule has 0 aromatic heterocycles. The fourth-order valence-corrected chi connectivity index (χ4v) is 0.960. The molecule has 1 aliphatic rings. The van der Waals surface area contributed by atoms with Crippen LogP contribution in [0.5, 0.6) is 0 Å². The van der Waals surface area contributed by atoms with Gasteiger partial charge in [-0.05, 0) is 26.7 Å². The van der Waals surface area contributed by atoms with Crippen LogP contribution in [0.1, 0.15) is 26.7 Å². The summed E-state index contributed by atoms with van der Waals surface area (Å²) in [6.45, 7) is 3.98. The minimum Gasteiger partial charge on any atom is -0.390 e. The second kappa shape index (κ2) is 2.67. The van der Waals surface area contributed by atoms with Crippen LogP contribution in [0.3, 0.4) is 0 Å². The molecule has 0 heterocycles. The van der Waals surface area contributed by atoms with Crippen LogP contribution in [0.2, 0.25) is 0 Å². The second-order valence-electron chi connectivity index (χ2n) is 2.87. The summed E-state index contributed by atoms with van der Waals surface area (Å²) < 4.78 is 5.35. The van der Waals surface area contributed by atoms with Crippen LogP contribution >= 0.6 is 0 Å². The van der Waals surface area contributed by atoms with Gasteiger partial charge in [0.15, 0.2) is 0 Å². The van der Waals surface area contributed by atoms with Crippen LogP contribution in [-0.4, -0.2) is 23.4 Å². The normalized spacial score (nSPS) is 34.7. The van der Waals surface area contributed by atoms with Gasteiger partial charge in [-0.15, -0.1) is 0 Å². The van der Waals surface area contributed by atoms with E-state index in [1.54, 1.807) is 0 Å². The molecule has 54 valence electrons. The van der Waals surface area contributed by atoms with Gasteiger partial charge in [0.05, 0.1) is 18.3 Å². The Kier molecular flexibility index (Phi) is 2.09. The lowest BCUT2D eigenvalue weighted by atomic mass is 9.92. The molecule has 9 heavy (non-hydrogen) atoms. The summed E-state index contributed by atoms with van der Waals surface area (Å²) in [6.07, 6.45) is 2.14. The van der Waals surface area contributed by atoms with Crippen molar-refractivity contribution < 1.29 is 9.84 Å². The van der Waals surface area contributed by atoms with Crippen LogP contribution in [0.15, 0.2) is 0 Å². The summed E-state index contributed by atoms with van der Waals surface area (Å²) in [5.74, 6) is 0. The molecular weight excluding hydrogens is 116 g/mol. The van der Waals surface area contributed by atoms with Gasteiger partial charge in [-0.1, -0.05) is 0 Å². The van der Waals surface area contributed by atoms with Crippen LogP contribution in [-0.2, 0) is 4.74 Å². The van der Waals surface area contributed by atoms with Crippen molar-refractivity contribution in [3.63, 3.8) is 0 Å². The molecule has 0 aromatic rings. The Balaban J connectivity index is 2.13. The van der Waals surface area contributed by atoms with E-state index in [1.165, 1.54) is 0 Å². The first-order valence-corrected chi connectivity index (χ1v) is 3.53. The number of rotatable bonds is 2. The molecule has 1 rings (SSSR count). The minimum atomic E-state index is -0.188. The van der Waals surface area contributed by atoms with E-state index in [-0.39, 0.29) is 18.3 Å². The largest absolute Gasteiger partial charge is 0.390 e. The summed E-state index contributed by atoms with van der Waals surface area (Å²) in [5, 5.41) is 9.03. The molecule has 0 aliphatic heterocycles. The predicted molar refractivity (Wildman–Crippen MR) is 35.2 cm³/mol. The second-order valence-corrected chi connectivity index (χ2v) is 2.87. The number of aliphatic hydroxyl groups excluding tert-OH is 1. The number of ether oxygens (including phenoxy) is 1. The van der Waals surface area contributed by atoms with Gasteiger partial charge >= 0.3 is 0 Å². The molecule has 2 nitrogen and oxygen atoms in total. The van der Waals surface area contributed by atoms with Crippen molar-refractivity contribution in [1.82, 2.24) is 0 Å². The van der Waals surface area contributed by atoms with Gasteiger partial charge in [0.25, 0.3) is 0 Å². The van der Waals surface area contributed by atoms with E-state index in [0.717, 1.165) is 12.8 Å². The molecule has 1 fully saturated rings. The minimum absolute atomic E-state index is 0.130. The summed E-state index contributed by atoms with van der Waals surface area (Å²) in [4.78, 5) is 0. The van der Waals surface area contributed by atoms with E-state index >= 15 is 0 Å². The zero-order valence-corrected chi connectivity index (χ0v) is 6.00. The molecule has 0 spiro atoms. The zero-order chi connectivity index (χ0) is 6.85. The van der Waals surface area contributed by atoms with E-state index < -0.39 is 0 Å². The summed E-state index contributed by atoms with van der Waals surface area (Å²) in [5.41, 5.74) is 0. The summed E-state index contributed by atoms with van der Waals surface area (Å²) in [7, 11) is 0. The van der Waals surface area contributed by atoms with Crippen LogP contribution in [0.25, 0.3) is 0 Å². The van der Waals surface area contributed by atoms with Crippen LogP contribution in [0, 0.1) is 0 Å². The average Bonchev–Trinajstić information content (AvgIpc) is 1.79. The first kappa shape index (κ1) is 7.03. The molecular formula is C7H14O2. The van der Waals surface area contributed by atoms with Crippen molar-refractivity contribution >= 4 is 0 Å². The molecule has 1 unspecified atom stereocenters. The van der Waals surface area contributed by atoms with E-state index in [1.807, 2.05) is 13.8 Å². The molecule has 0 amide bonds. The van der Waals surface area contributed by atoms with Crippen molar-refractivity contribution in [3.05, 3.63) is 0 Å². The molecule has 1 saturated carbocycles. The van der Waals surface area contributed by atoms with Crippen molar-refractivity contribution in [3.8, 4) is 0 Å². The van der Waals surface area contributed by atoms with E-state index in [9.17, 15) is 0 Å². The molecule has 0 bridgehead atoms. The van der Waals surface area contributed by atoms with Gasteiger partial charge in [0.2, 0.25) is 0 Å². The molecule has 2 heteroatoms. The van der Waals surface area contributed by atoms with Crippen molar-refractivity contribution in [1.29, 1.82) is 0 Å². The maximum Gasteiger partial charge on any atom is 0.0838 e. The summed E-state index contributed by atoms with van der Waals surface area (Å²) in [6, 6.07) is 0. The van der Waals surface area contributed by atoms with Crippen molar-refractivity contribution in [2.75, 3.05) is 0 Å². The fraction of sp³-hybridized carbons (Fsp3) is 1.00. The Labute approximate surface area is 55.8 Å². The third-order valence-electron chi connectivity index (χ3n) is 1.62. The monoisotopic (exact) mass is 130 g/mol. The standard InChI is InChI=1S/C7H14O2/c1-5(2)9-7-4-3-6(7)8/h5-8H,3-4H2,1-2H3/t6?,7-/m1/s1. The van der Waals surface area contributed by atoms with E-state index in [4.69, 9.17) is 9.84 Å². The fourth-order valence-electron chi connectivity index (χ4n) is 0.960. The maximum atomic E-state index is 9.03. The average molecular weight is 130 g/mol. The van der Waals surface area contributed by atoms with Crippen molar-refractivity contribution in [2.24, 2.45) is 0 Å². The Hall–Kier alpha value is -0.0800. The van der Waals surface area contributed by atoms with Crippen LogP contribution in [0.4, 0.5) is 0 Å². The highest BCUT2D eigenvalue weighted by molar-refractivity contribution is 4.80. The highest BCUT2D eigenvalue weighted by Gasteiger charge is 2.29. The van der Waals surface area contributed by atoms with Crippen molar-refractivity contribution in [2.45, 2.75) is 45.0 Å². The van der Waals surface area contributed by atoms with Gasteiger partial charge in [-0.3, -0.25) is 0 Å². The lowest BCUT2D eigenvalue weighted by Crippen LogP contribution is -2.40. The van der Waals surface area contributed by atoms with Crippen LogP contribution < -0.4 is 0 Å². The zero-order valence-electron chi connectivity index (χ0n) is 6.00. The van der Waals surface area contributed by atoms with Gasteiger partial charge in [0, 0.05) is 0 Å². The Morgan fingerprint density at radius 2 is 2.11 bits per heavy atom. The Morgan fingerprint density at radius 1 is 1.44 bits per heavy atom. The lowest BCUT2D eigenvalue weighted by Gasteiger charge is -2.33. The molecule has 0 radical (unpaired) electrons. The van der Waals surface area contributed by atoms with Gasteiger partial charge in [0.1, 0.15) is 0 Å².